The first-order chi connectivity index (χ1) is 8.10. The summed E-state index contributed by atoms with van der Waals surface area (Å²) in [7, 11) is 4.33. The highest BCUT2D eigenvalue weighted by Gasteiger charge is 2.23. The Morgan fingerprint density at radius 2 is 2.00 bits per heavy atom. The van der Waals surface area contributed by atoms with Gasteiger partial charge in [-0.1, -0.05) is 36.9 Å². The molecule has 0 bridgehead atoms. The van der Waals surface area contributed by atoms with Crippen molar-refractivity contribution in [2.75, 3.05) is 20.6 Å². The first-order valence-electron chi connectivity index (χ1n) is 6.03. The van der Waals surface area contributed by atoms with Gasteiger partial charge in [0.1, 0.15) is 12.6 Å². The Hall–Kier alpha value is -1.52. The van der Waals surface area contributed by atoms with E-state index in [1.807, 2.05) is 12.1 Å². The van der Waals surface area contributed by atoms with Gasteiger partial charge in [-0.05, 0) is 24.0 Å². The predicted molar refractivity (Wildman–Crippen MR) is 74.6 cm³/mol. The molecule has 0 aliphatic heterocycles. The van der Waals surface area contributed by atoms with E-state index < -0.39 is 0 Å². The fourth-order valence-corrected chi connectivity index (χ4v) is 2.06. The summed E-state index contributed by atoms with van der Waals surface area (Å²) < 4.78 is 0.812. The van der Waals surface area contributed by atoms with Gasteiger partial charge in [0.05, 0.1) is 14.1 Å². The molecule has 0 N–H and O–H groups in total. The smallest absolute Gasteiger partial charge is 0.140 e. The first kappa shape index (κ1) is 13.5. The molecule has 1 aromatic carbocycles. The van der Waals surface area contributed by atoms with Gasteiger partial charge in [0.25, 0.3) is 0 Å². The van der Waals surface area contributed by atoms with Gasteiger partial charge < -0.3 is 4.48 Å². The van der Waals surface area contributed by atoms with Crippen molar-refractivity contribution >= 4 is 0 Å². The van der Waals surface area contributed by atoms with Crippen molar-refractivity contribution < 1.29 is 4.48 Å². The monoisotopic (exact) mass is 228 g/mol. The SMILES string of the molecule is C#CC[N+](C)(C)C(C=C)CCc1ccccc1. The Bertz CT molecular complexity index is 384. The quantitative estimate of drug-likeness (QED) is 0.399. The van der Waals surface area contributed by atoms with Crippen LogP contribution in [0.3, 0.4) is 0 Å². The number of nitrogens with zero attached hydrogens (tertiary/aromatic N) is 1. The third-order valence-electron chi connectivity index (χ3n) is 3.24. The summed E-state index contributed by atoms with van der Waals surface area (Å²) in [6, 6.07) is 11.0. The number of likely N-dealkylation sites (N-methyl/N-ethyl adjacent to an activating group) is 1. The molecule has 0 radical (unpaired) electrons. The summed E-state index contributed by atoms with van der Waals surface area (Å²) in [5.41, 5.74) is 1.38. The van der Waals surface area contributed by atoms with E-state index in [1.54, 1.807) is 0 Å². The summed E-state index contributed by atoms with van der Waals surface area (Å²) in [6.07, 6.45) is 9.60. The van der Waals surface area contributed by atoms with Gasteiger partial charge in [-0.25, -0.2) is 0 Å². The zero-order valence-electron chi connectivity index (χ0n) is 10.9. The fourth-order valence-electron chi connectivity index (χ4n) is 2.06. The summed E-state index contributed by atoms with van der Waals surface area (Å²) >= 11 is 0. The van der Waals surface area contributed by atoms with Gasteiger partial charge in [-0.3, -0.25) is 0 Å². The van der Waals surface area contributed by atoms with E-state index in [-0.39, 0.29) is 0 Å². The average Bonchev–Trinajstić information content (AvgIpc) is 2.30. The fraction of sp³-hybridized carbons (Fsp3) is 0.375. The van der Waals surface area contributed by atoms with Gasteiger partial charge in [0.2, 0.25) is 0 Å². The molecule has 0 amide bonds. The van der Waals surface area contributed by atoms with Gasteiger partial charge >= 0.3 is 0 Å². The third-order valence-corrected chi connectivity index (χ3v) is 3.24. The molecule has 90 valence electrons. The molecule has 1 atom stereocenters. The van der Waals surface area contributed by atoms with E-state index in [2.05, 4.69) is 50.9 Å². The molecule has 1 aromatic rings. The second-order valence-electron chi connectivity index (χ2n) is 4.97. The van der Waals surface area contributed by atoms with Crippen molar-refractivity contribution in [2.45, 2.75) is 18.9 Å². The Kier molecular flexibility index (Phi) is 5.00. The van der Waals surface area contributed by atoms with Gasteiger partial charge in [-0.2, -0.15) is 0 Å². The summed E-state index contributed by atoms with van der Waals surface area (Å²) in [4.78, 5) is 0. The van der Waals surface area contributed by atoms with Crippen molar-refractivity contribution in [1.29, 1.82) is 0 Å². The van der Waals surface area contributed by atoms with Crippen LogP contribution in [0.15, 0.2) is 43.0 Å². The number of rotatable bonds is 6. The minimum Gasteiger partial charge on any atom is -0.313 e. The molecule has 1 heteroatoms. The van der Waals surface area contributed by atoms with Crippen LogP contribution in [0.5, 0.6) is 0 Å². The molecule has 0 spiro atoms. The van der Waals surface area contributed by atoms with Crippen LogP contribution in [0.1, 0.15) is 12.0 Å². The zero-order chi connectivity index (χ0) is 12.7. The van der Waals surface area contributed by atoms with Gasteiger partial charge in [0.15, 0.2) is 0 Å². The molecular weight excluding hydrogens is 206 g/mol. The minimum absolute atomic E-state index is 0.409. The lowest BCUT2D eigenvalue weighted by molar-refractivity contribution is -0.901. The number of quaternary nitrogens is 1. The molecule has 1 unspecified atom stereocenters. The summed E-state index contributed by atoms with van der Waals surface area (Å²) in [5, 5.41) is 0. The molecular formula is C16H22N+. The lowest BCUT2D eigenvalue weighted by atomic mass is 10.0. The summed E-state index contributed by atoms with van der Waals surface area (Å²) in [6.45, 7) is 4.68. The number of benzene rings is 1. The Balaban J connectivity index is 2.60. The molecule has 0 heterocycles. The molecule has 1 rings (SSSR count). The maximum atomic E-state index is 5.41. The Labute approximate surface area is 105 Å². The van der Waals surface area contributed by atoms with Crippen LogP contribution in [-0.2, 0) is 6.42 Å². The van der Waals surface area contributed by atoms with Crippen molar-refractivity contribution in [1.82, 2.24) is 0 Å². The van der Waals surface area contributed by atoms with E-state index in [0.717, 1.165) is 23.9 Å². The predicted octanol–water partition coefficient (Wildman–Crippen LogP) is 2.88. The molecule has 0 aliphatic carbocycles. The molecule has 0 saturated carbocycles. The van der Waals surface area contributed by atoms with E-state index in [1.165, 1.54) is 5.56 Å². The maximum absolute atomic E-state index is 5.41. The summed E-state index contributed by atoms with van der Waals surface area (Å²) in [5.74, 6) is 2.75. The molecule has 17 heavy (non-hydrogen) atoms. The van der Waals surface area contributed by atoms with E-state index in [9.17, 15) is 0 Å². The number of hydrogen-bond acceptors (Lipinski definition) is 0. The van der Waals surface area contributed by atoms with Crippen LogP contribution in [0, 0.1) is 12.3 Å². The Morgan fingerprint density at radius 3 is 2.53 bits per heavy atom. The minimum atomic E-state index is 0.409. The molecule has 0 aliphatic rings. The van der Waals surface area contributed by atoms with Crippen LogP contribution in [-0.4, -0.2) is 31.2 Å². The lowest BCUT2D eigenvalue weighted by Crippen LogP contribution is -2.48. The average molecular weight is 228 g/mol. The van der Waals surface area contributed by atoms with Crippen LogP contribution in [0.4, 0.5) is 0 Å². The molecule has 0 saturated heterocycles. The van der Waals surface area contributed by atoms with E-state index >= 15 is 0 Å². The van der Waals surface area contributed by atoms with Crippen LogP contribution in [0.2, 0.25) is 0 Å². The lowest BCUT2D eigenvalue weighted by Gasteiger charge is -2.34. The first-order valence-corrected chi connectivity index (χ1v) is 6.03. The van der Waals surface area contributed by atoms with Crippen LogP contribution in [0.25, 0.3) is 0 Å². The molecule has 1 nitrogen and oxygen atoms in total. The van der Waals surface area contributed by atoms with Gasteiger partial charge in [-0.15, -0.1) is 6.42 Å². The zero-order valence-corrected chi connectivity index (χ0v) is 10.9. The normalized spacial score (nSPS) is 12.8. The second-order valence-corrected chi connectivity index (χ2v) is 4.97. The molecule has 0 fully saturated rings. The van der Waals surface area contributed by atoms with Crippen molar-refractivity contribution in [3.63, 3.8) is 0 Å². The maximum Gasteiger partial charge on any atom is 0.140 e. The molecule has 0 aromatic heterocycles. The highest BCUT2D eigenvalue weighted by Crippen LogP contribution is 2.14. The number of hydrogen-bond donors (Lipinski definition) is 0. The van der Waals surface area contributed by atoms with Crippen LogP contribution >= 0.6 is 0 Å². The number of terminal acetylenes is 1. The van der Waals surface area contributed by atoms with Crippen LogP contribution < -0.4 is 0 Å². The highest BCUT2D eigenvalue weighted by molar-refractivity contribution is 5.14. The van der Waals surface area contributed by atoms with Crippen molar-refractivity contribution in [3.8, 4) is 12.3 Å². The third kappa shape index (κ3) is 4.09. The Morgan fingerprint density at radius 1 is 1.35 bits per heavy atom. The van der Waals surface area contributed by atoms with Crippen molar-refractivity contribution in [3.05, 3.63) is 48.6 Å². The largest absolute Gasteiger partial charge is 0.313 e. The van der Waals surface area contributed by atoms with E-state index in [0.29, 0.717) is 6.04 Å². The standard InChI is InChI=1S/C16H22N/c1-5-14-17(3,4)16(6-2)13-12-15-10-8-7-9-11-15/h1,6-11,16H,2,12-14H2,3-4H3/q+1. The second kappa shape index (κ2) is 6.27. The number of aryl methyl sites for hydroxylation is 1. The van der Waals surface area contributed by atoms with Gasteiger partial charge in [0, 0.05) is 6.42 Å². The van der Waals surface area contributed by atoms with E-state index in [4.69, 9.17) is 6.42 Å². The van der Waals surface area contributed by atoms with Crippen molar-refractivity contribution in [2.24, 2.45) is 0 Å². The topological polar surface area (TPSA) is 0 Å². The highest BCUT2D eigenvalue weighted by atomic mass is 15.3.